The van der Waals surface area contributed by atoms with Gasteiger partial charge in [-0.15, -0.1) is 0 Å². The van der Waals surface area contributed by atoms with E-state index in [1.54, 1.807) is 0 Å². The predicted octanol–water partition coefficient (Wildman–Crippen LogP) is 3.62. The Kier molecular flexibility index (Phi) is 5.65. The molecule has 5 nitrogen and oxygen atoms in total. The molecule has 138 valence electrons. The van der Waals surface area contributed by atoms with Gasteiger partial charge in [0, 0.05) is 13.1 Å². The van der Waals surface area contributed by atoms with E-state index in [4.69, 9.17) is 11.6 Å². The van der Waals surface area contributed by atoms with Crippen LogP contribution in [-0.2, 0) is 10.0 Å². The van der Waals surface area contributed by atoms with Crippen molar-refractivity contribution in [3.63, 3.8) is 0 Å². The molecule has 1 N–H and O–H groups in total. The quantitative estimate of drug-likeness (QED) is 0.845. The summed E-state index contributed by atoms with van der Waals surface area (Å²) in [5.74, 6) is -0.398. The first-order valence-electron chi connectivity index (χ1n) is 8.55. The molecule has 0 aromatic heterocycles. The highest BCUT2D eigenvalue weighted by atomic mass is 35.5. The Bertz CT molecular complexity index is 894. The third kappa shape index (κ3) is 3.92. The third-order valence-electron chi connectivity index (χ3n) is 4.53. The lowest BCUT2D eigenvalue weighted by Gasteiger charge is -2.18. The zero-order valence-corrected chi connectivity index (χ0v) is 16.1. The van der Waals surface area contributed by atoms with Crippen molar-refractivity contribution in [3.8, 4) is 0 Å². The van der Waals surface area contributed by atoms with Gasteiger partial charge in [-0.2, -0.15) is 4.31 Å². The van der Waals surface area contributed by atoms with Crippen LogP contribution in [-0.4, -0.2) is 31.7 Å². The summed E-state index contributed by atoms with van der Waals surface area (Å²) in [7, 11) is -3.60. The van der Waals surface area contributed by atoms with E-state index in [0.717, 1.165) is 18.4 Å². The van der Waals surface area contributed by atoms with Gasteiger partial charge in [0.2, 0.25) is 10.0 Å². The number of halogens is 1. The highest BCUT2D eigenvalue weighted by Crippen LogP contribution is 2.26. The summed E-state index contributed by atoms with van der Waals surface area (Å²) in [5, 5.41) is 3.09. The van der Waals surface area contributed by atoms with Gasteiger partial charge in [0.1, 0.15) is 0 Å². The topological polar surface area (TPSA) is 66.5 Å². The van der Waals surface area contributed by atoms with E-state index in [9.17, 15) is 13.2 Å². The van der Waals surface area contributed by atoms with Crippen LogP contribution in [0.25, 0.3) is 0 Å². The number of nitrogens with zero attached hydrogens (tertiary/aromatic N) is 1. The van der Waals surface area contributed by atoms with Crippen LogP contribution in [0.2, 0.25) is 5.02 Å². The molecule has 1 aliphatic rings. The van der Waals surface area contributed by atoms with E-state index in [-0.39, 0.29) is 21.5 Å². The van der Waals surface area contributed by atoms with Crippen molar-refractivity contribution in [1.82, 2.24) is 9.62 Å². The maximum Gasteiger partial charge on any atom is 0.253 e. The highest BCUT2D eigenvalue weighted by molar-refractivity contribution is 7.89. The summed E-state index contributed by atoms with van der Waals surface area (Å²) >= 11 is 6.16. The van der Waals surface area contributed by atoms with Gasteiger partial charge in [0.15, 0.2) is 0 Å². The van der Waals surface area contributed by atoms with E-state index in [1.807, 2.05) is 37.3 Å². The van der Waals surface area contributed by atoms with E-state index in [1.165, 1.54) is 22.5 Å². The van der Waals surface area contributed by atoms with E-state index in [2.05, 4.69) is 5.32 Å². The lowest BCUT2D eigenvalue weighted by Crippen LogP contribution is -2.29. The molecule has 1 aliphatic heterocycles. The molecule has 1 amide bonds. The number of amides is 1. The molecular weight excluding hydrogens is 372 g/mol. The molecule has 0 spiro atoms. The minimum Gasteiger partial charge on any atom is -0.345 e. The lowest BCUT2D eigenvalue weighted by atomic mass is 10.1. The molecular formula is C19H21ClN2O3S. The minimum atomic E-state index is -3.60. The fraction of sp³-hybridized carbons (Fsp3) is 0.316. The third-order valence-corrected chi connectivity index (χ3v) is 6.76. The van der Waals surface area contributed by atoms with Gasteiger partial charge in [-0.25, -0.2) is 8.42 Å². The van der Waals surface area contributed by atoms with E-state index >= 15 is 0 Å². The van der Waals surface area contributed by atoms with Crippen molar-refractivity contribution in [2.45, 2.75) is 30.7 Å². The SMILES string of the molecule is C[C@@H](NC(=O)c1cc(S(=O)(=O)N2CCCC2)ccc1Cl)c1ccccc1. The number of carbonyl (C=O) groups is 1. The second-order valence-electron chi connectivity index (χ2n) is 6.36. The number of hydrogen-bond acceptors (Lipinski definition) is 3. The second kappa shape index (κ2) is 7.78. The molecule has 0 unspecified atom stereocenters. The van der Waals surface area contributed by atoms with Gasteiger partial charge in [-0.3, -0.25) is 4.79 Å². The van der Waals surface area contributed by atoms with Crippen LogP contribution in [0.3, 0.4) is 0 Å². The average Bonchev–Trinajstić information content (AvgIpc) is 3.18. The minimum absolute atomic E-state index is 0.0984. The number of rotatable bonds is 5. The van der Waals surface area contributed by atoms with Gasteiger partial charge in [-0.05, 0) is 43.5 Å². The Balaban J connectivity index is 1.84. The zero-order valence-electron chi connectivity index (χ0n) is 14.5. The Morgan fingerprint density at radius 1 is 1.12 bits per heavy atom. The predicted molar refractivity (Wildman–Crippen MR) is 102 cm³/mol. The van der Waals surface area contributed by atoms with Crippen molar-refractivity contribution in [3.05, 3.63) is 64.7 Å². The van der Waals surface area contributed by atoms with Crippen molar-refractivity contribution < 1.29 is 13.2 Å². The van der Waals surface area contributed by atoms with Crippen LogP contribution in [0.15, 0.2) is 53.4 Å². The monoisotopic (exact) mass is 392 g/mol. The standard InChI is InChI=1S/C19H21ClN2O3S/c1-14(15-7-3-2-4-8-15)21-19(23)17-13-16(9-10-18(17)20)26(24,25)22-11-5-6-12-22/h2-4,7-10,13-14H,5-6,11-12H2,1H3,(H,21,23)/t14-/m1/s1. The number of benzene rings is 2. The molecule has 0 saturated carbocycles. The summed E-state index contributed by atoms with van der Waals surface area (Å²) in [6, 6.07) is 13.6. The Morgan fingerprint density at radius 3 is 2.42 bits per heavy atom. The molecule has 1 atom stereocenters. The number of carbonyl (C=O) groups excluding carboxylic acids is 1. The molecule has 1 fully saturated rings. The van der Waals surface area contributed by atoms with Crippen LogP contribution in [0.4, 0.5) is 0 Å². The molecule has 1 saturated heterocycles. The summed E-state index contributed by atoms with van der Waals surface area (Å²) < 4.78 is 26.9. The highest BCUT2D eigenvalue weighted by Gasteiger charge is 2.28. The van der Waals surface area contributed by atoms with Crippen molar-refractivity contribution in [2.75, 3.05) is 13.1 Å². The number of sulfonamides is 1. The van der Waals surface area contributed by atoms with E-state index in [0.29, 0.717) is 13.1 Å². The molecule has 26 heavy (non-hydrogen) atoms. The molecule has 2 aromatic rings. The summed E-state index contributed by atoms with van der Waals surface area (Å²) in [5.41, 5.74) is 1.12. The van der Waals surface area contributed by atoms with E-state index < -0.39 is 15.9 Å². The molecule has 2 aromatic carbocycles. The summed E-state index contributed by atoms with van der Waals surface area (Å²) in [4.78, 5) is 12.7. The first-order valence-corrected chi connectivity index (χ1v) is 10.4. The molecule has 7 heteroatoms. The summed E-state index contributed by atoms with van der Waals surface area (Å²) in [6.07, 6.45) is 1.71. The average molecular weight is 393 g/mol. The largest absolute Gasteiger partial charge is 0.345 e. The number of nitrogens with one attached hydrogen (secondary N) is 1. The zero-order chi connectivity index (χ0) is 18.7. The maximum absolute atomic E-state index is 12.7. The van der Waals surface area contributed by atoms with Crippen LogP contribution in [0.5, 0.6) is 0 Å². The van der Waals surface area contributed by atoms with Gasteiger partial charge in [0.05, 0.1) is 21.5 Å². The fourth-order valence-electron chi connectivity index (χ4n) is 3.02. The lowest BCUT2D eigenvalue weighted by molar-refractivity contribution is 0.0940. The summed E-state index contributed by atoms with van der Waals surface area (Å²) in [6.45, 7) is 2.89. The second-order valence-corrected chi connectivity index (χ2v) is 8.70. The van der Waals surface area contributed by atoms with Gasteiger partial charge >= 0.3 is 0 Å². The van der Waals surface area contributed by atoms with Crippen molar-refractivity contribution in [1.29, 1.82) is 0 Å². The molecule has 0 aliphatic carbocycles. The van der Waals surface area contributed by atoms with Crippen LogP contribution < -0.4 is 5.32 Å². The molecule has 3 rings (SSSR count). The normalized spacial score (nSPS) is 16.4. The number of hydrogen-bond donors (Lipinski definition) is 1. The van der Waals surface area contributed by atoms with Crippen LogP contribution in [0, 0.1) is 0 Å². The maximum atomic E-state index is 12.7. The van der Waals surface area contributed by atoms with Gasteiger partial charge in [0.25, 0.3) is 5.91 Å². The smallest absolute Gasteiger partial charge is 0.253 e. The molecule has 0 bridgehead atoms. The van der Waals surface area contributed by atoms with Crippen molar-refractivity contribution >= 4 is 27.5 Å². The van der Waals surface area contributed by atoms with Crippen LogP contribution in [0.1, 0.15) is 41.7 Å². The van der Waals surface area contributed by atoms with Crippen molar-refractivity contribution in [2.24, 2.45) is 0 Å². The van der Waals surface area contributed by atoms with Gasteiger partial charge < -0.3 is 5.32 Å². The Hall–Kier alpha value is -1.89. The Morgan fingerprint density at radius 2 is 1.77 bits per heavy atom. The first-order chi connectivity index (χ1) is 12.4. The fourth-order valence-corrected chi connectivity index (χ4v) is 4.76. The molecule has 1 heterocycles. The van der Waals surface area contributed by atoms with Gasteiger partial charge in [-0.1, -0.05) is 41.9 Å². The Labute approximate surface area is 159 Å². The van der Waals surface area contributed by atoms with Crippen LogP contribution >= 0.6 is 11.6 Å². The first kappa shape index (κ1) is 18.9. The molecule has 0 radical (unpaired) electrons.